The summed E-state index contributed by atoms with van der Waals surface area (Å²) in [7, 11) is 1.46. The van der Waals surface area contributed by atoms with Crippen molar-refractivity contribution in [2.45, 2.75) is 0 Å². The molecule has 2 rings (SSSR count). The third kappa shape index (κ3) is 3.59. The minimum atomic E-state index is -1.18. The normalized spacial score (nSPS) is 14.8. The lowest BCUT2D eigenvalue weighted by molar-refractivity contribution is -0.136. The van der Waals surface area contributed by atoms with Gasteiger partial charge in [-0.15, -0.1) is 0 Å². The van der Waals surface area contributed by atoms with Gasteiger partial charge in [0.1, 0.15) is 12.3 Å². The zero-order valence-corrected chi connectivity index (χ0v) is 12.2. The maximum atomic E-state index is 12.4. The van der Waals surface area contributed by atoms with E-state index < -0.39 is 5.97 Å². The van der Waals surface area contributed by atoms with Crippen LogP contribution < -0.4 is 0 Å². The summed E-state index contributed by atoms with van der Waals surface area (Å²) in [6.45, 7) is 1.70. The summed E-state index contributed by atoms with van der Waals surface area (Å²) >= 11 is 0. The number of aromatic carboxylic acids is 1. The molecule has 1 aliphatic rings. The standard InChI is InChI=1S/C14H17N3O5/c1-22-9-12(18)16-4-6-17(7-5-16)13(19)10-2-3-15-11(8-10)14(20)21/h2-3,8H,4-7,9H2,1H3,(H,20,21). The van der Waals surface area contributed by atoms with Gasteiger partial charge in [-0.25, -0.2) is 9.78 Å². The number of piperazine rings is 1. The first-order valence-electron chi connectivity index (χ1n) is 6.78. The van der Waals surface area contributed by atoms with E-state index in [0.717, 1.165) is 0 Å². The van der Waals surface area contributed by atoms with Gasteiger partial charge in [0.25, 0.3) is 5.91 Å². The molecule has 8 nitrogen and oxygen atoms in total. The highest BCUT2D eigenvalue weighted by atomic mass is 16.5. The number of carbonyl (C=O) groups is 3. The molecule has 0 aliphatic carbocycles. The Labute approximate surface area is 127 Å². The molecule has 0 unspecified atom stereocenters. The summed E-state index contributed by atoms with van der Waals surface area (Å²) < 4.78 is 4.80. The molecule has 22 heavy (non-hydrogen) atoms. The first-order valence-corrected chi connectivity index (χ1v) is 6.78. The number of ether oxygens (including phenoxy) is 1. The van der Waals surface area contributed by atoms with Crippen LogP contribution in [0.15, 0.2) is 18.3 Å². The molecule has 1 aromatic heterocycles. The monoisotopic (exact) mass is 307 g/mol. The minimum Gasteiger partial charge on any atom is -0.477 e. The van der Waals surface area contributed by atoms with Gasteiger partial charge in [0, 0.05) is 45.0 Å². The van der Waals surface area contributed by atoms with Crippen LogP contribution in [0.2, 0.25) is 0 Å². The minimum absolute atomic E-state index is 0.0280. The molecular formula is C14H17N3O5. The van der Waals surface area contributed by atoms with Crippen molar-refractivity contribution < 1.29 is 24.2 Å². The lowest BCUT2D eigenvalue weighted by Crippen LogP contribution is -2.51. The Morgan fingerprint density at radius 2 is 1.86 bits per heavy atom. The average molecular weight is 307 g/mol. The van der Waals surface area contributed by atoms with Crippen molar-refractivity contribution in [3.05, 3.63) is 29.6 Å². The number of carboxylic acid groups (broad SMARTS) is 1. The highest BCUT2D eigenvalue weighted by molar-refractivity contribution is 5.96. The van der Waals surface area contributed by atoms with Crippen molar-refractivity contribution in [2.24, 2.45) is 0 Å². The van der Waals surface area contributed by atoms with E-state index in [1.807, 2.05) is 0 Å². The fourth-order valence-corrected chi connectivity index (χ4v) is 2.24. The number of carboxylic acids is 1. The number of hydrogen-bond acceptors (Lipinski definition) is 5. The van der Waals surface area contributed by atoms with Gasteiger partial charge < -0.3 is 19.6 Å². The summed E-state index contributed by atoms with van der Waals surface area (Å²) in [4.78, 5) is 41.9. The second kappa shape index (κ2) is 6.99. The van der Waals surface area contributed by atoms with Crippen LogP contribution in [0.1, 0.15) is 20.8 Å². The molecule has 0 atom stereocenters. The van der Waals surface area contributed by atoms with Gasteiger partial charge in [0.15, 0.2) is 0 Å². The topological polar surface area (TPSA) is 100 Å². The molecule has 1 aliphatic heterocycles. The second-order valence-corrected chi connectivity index (χ2v) is 4.84. The Bertz CT molecular complexity index is 582. The van der Waals surface area contributed by atoms with Crippen molar-refractivity contribution in [1.29, 1.82) is 0 Å². The second-order valence-electron chi connectivity index (χ2n) is 4.84. The number of pyridine rings is 1. The van der Waals surface area contributed by atoms with Crippen molar-refractivity contribution in [2.75, 3.05) is 39.9 Å². The smallest absolute Gasteiger partial charge is 0.354 e. The van der Waals surface area contributed by atoms with E-state index in [4.69, 9.17) is 9.84 Å². The number of rotatable bonds is 4. The van der Waals surface area contributed by atoms with Gasteiger partial charge in [-0.3, -0.25) is 9.59 Å². The van der Waals surface area contributed by atoms with Crippen LogP contribution >= 0.6 is 0 Å². The Morgan fingerprint density at radius 1 is 1.23 bits per heavy atom. The molecule has 0 saturated carbocycles. The van der Waals surface area contributed by atoms with Crippen molar-refractivity contribution in [1.82, 2.24) is 14.8 Å². The average Bonchev–Trinajstić information content (AvgIpc) is 2.54. The fraction of sp³-hybridized carbons (Fsp3) is 0.429. The van der Waals surface area contributed by atoms with Gasteiger partial charge >= 0.3 is 5.97 Å². The van der Waals surface area contributed by atoms with Crippen molar-refractivity contribution >= 4 is 17.8 Å². The molecule has 2 amide bonds. The molecule has 1 fully saturated rings. The van der Waals surface area contributed by atoms with E-state index in [0.29, 0.717) is 26.2 Å². The number of hydrogen-bond donors (Lipinski definition) is 1. The molecular weight excluding hydrogens is 290 g/mol. The highest BCUT2D eigenvalue weighted by Crippen LogP contribution is 2.10. The van der Waals surface area contributed by atoms with E-state index >= 15 is 0 Å². The fourth-order valence-electron chi connectivity index (χ4n) is 2.24. The molecule has 1 aromatic rings. The summed E-state index contributed by atoms with van der Waals surface area (Å²) in [5, 5.41) is 8.90. The molecule has 0 spiro atoms. The quantitative estimate of drug-likeness (QED) is 0.820. The summed E-state index contributed by atoms with van der Waals surface area (Å²) in [6.07, 6.45) is 1.30. The zero-order chi connectivity index (χ0) is 16.1. The third-order valence-electron chi connectivity index (χ3n) is 3.41. The summed E-state index contributed by atoms with van der Waals surface area (Å²) in [5.74, 6) is -1.54. The van der Waals surface area contributed by atoms with Gasteiger partial charge in [-0.05, 0) is 12.1 Å². The van der Waals surface area contributed by atoms with Crippen LogP contribution in [0.25, 0.3) is 0 Å². The molecule has 0 radical (unpaired) electrons. The summed E-state index contributed by atoms with van der Waals surface area (Å²) in [6, 6.07) is 2.74. The Hall–Kier alpha value is -2.48. The zero-order valence-electron chi connectivity index (χ0n) is 12.2. The van der Waals surface area contributed by atoms with Crippen LogP contribution in [-0.2, 0) is 9.53 Å². The number of carbonyl (C=O) groups excluding carboxylic acids is 2. The van der Waals surface area contributed by atoms with Crippen LogP contribution in [0.5, 0.6) is 0 Å². The van der Waals surface area contributed by atoms with E-state index in [2.05, 4.69) is 4.98 Å². The number of methoxy groups -OCH3 is 1. The van der Waals surface area contributed by atoms with Gasteiger partial charge in [0.05, 0.1) is 0 Å². The van der Waals surface area contributed by atoms with Crippen LogP contribution in [-0.4, -0.2) is 77.6 Å². The molecule has 2 heterocycles. The largest absolute Gasteiger partial charge is 0.477 e. The van der Waals surface area contributed by atoms with Gasteiger partial charge in [-0.1, -0.05) is 0 Å². The van der Waals surface area contributed by atoms with E-state index in [-0.39, 0.29) is 29.7 Å². The first kappa shape index (κ1) is 15.9. The van der Waals surface area contributed by atoms with Crippen molar-refractivity contribution in [3.63, 3.8) is 0 Å². The number of nitrogens with zero attached hydrogens (tertiary/aromatic N) is 3. The maximum Gasteiger partial charge on any atom is 0.354 e. The Kier molecular flexibility index (Phi) is 5.05. The van der Waals surface area contributed by atoms with E-state index in [1.165, 1.54) is 25.4 Å². The maximum absolute atomic E-state index is 12.4. The third-order valence-corrected chi connectivity index (χ3v) is 3.41. The van der Waals surface area contributed by atoms with Gasteiger partial charge in [0.2, 0.25) is 5.91 Å². The first-order chi connectivity index (χ1) is 10.5. The molecule has 0 bridgehead atoms. The predicted molar refractivity (Wildman–Crippen MR) is 75.6 cm³/mol. The van der Waals surface area contributed by atoms with E-state index in [9.17, 15) is 14.4 Å². The molecule has 1 N–H and O–H groups in total. The molecule has 0 aromatic carbocycles. The molecule has 118 valence electrons. The van der Waals surface area contributed by atoms with Crippen molar-refractivity contribution in [3.8, 4) is 0 Å². The SMILES string of the molecule is COCC(=O)N1CCN(C(=O)c2ccnc(C(=O)O)c2)CC1. The predicted octanol–water partition coefficient (Wildman–Crippen LogP) is -0.289. The molecule has 8 heteroatoms. The van der Waals surface area contributed by atoms with Crippen LogP contribution in [0.4, 0.5) is 0 Å². The van der Waals surface area contributed by atoms with Crippen LogP contribution in [0, 0.1) is 0 Å². The number of aromatic nitrogens is 1. The lowest BCUT2D eigenvalue weighted by Gasteiger charge is -2.34. The van der Waals surface area contributed by atoms with Crippen LogP contribution in [0.3, 0.4) is 0 Å². The lowest BCUT2D eigenvalue weighted by atomic mass is 10.2. The Morgan fingerprint density at radius 3 is 2.45 bits per heavy atom. The highest BCUT2D eigenvalue weighted by Gasteiger charge is 2.25. The molecule has 1 saturated heterocycles. The van der Waals surface area contributed by atoms with E-state index in [1.54, 1.807) is 9.80 Å². The number of amides is 2. The van der Waals surface area contributed by atoms with Gasteiger partial charge in [-0.2, -0.15) is 0 Å². The summed E-state index contributed by atoms with van der Waals surface area (Å²) in [5.41, 5.74) is 0.115. The Balaban J connectivity index is 1.99.